The molecule has 3 heterocycles. The maximum atomic E-state index is 14.8. The molecule has 2 atom stereocenters. The molecule has 2 saturated heterocycles. The van der Waals surface area contributed by atoms with E-state index in [0.29, 0.717) is 45.0 Å². The smallest absolute Gasteiger partial charge is 0.326 e. The van der Waals surface area contributed by atoms with Gasteiger partial charge in [0.15, 0.2) is 9.84 Å². The van der Waals surface area contributed by atoms with E-state index in [2.05, 4.69) is 57.4 Å². The lowest BCUT2D eigenvalue weighted by Crippen LogP contribution is -2.46. The zero-order chi connectivity index (χ0) is 48.3. The third-order valence-electron chi connectivity index (χ3n) is 12.9. The van der Waals surface area contributed by atoms with Gasteiger partial charge in [0.05, 0.1) is 34.0 Å². The van der Waals surface area contributed by atoms with E-state index in [1.807, 2.05) is 99.9 Å². The molecule has 2 aliphatic rings. The number of thioether (sulfide) groups is 1. The molecule has 0 spiro atoms. The Morgan fingerprint density at radius 1 is 0.824 bits per heavy atom. The number of aromatic nitrogens is 1. The van der Waals surface area contributed by atoms with Gasteiger partial charge in [-0.15, -0.1) is 11.8 Å². The molecule has 6 aromatic rings. The highest BCUT2D eigenvalue weighted by Gasteiger charge is 2.41. The number of piperazine rings is 1. The Hall–Kier alpha value is -5.08. The van der Waals surface area contributed by atoms with E-state index in [-0.39, 0.29) is 29.2 Å². The van der Waals surface area contributed by atoms with Gasteiger partial charge in [-0.2, -0.15) is 0 Å². The topological polar surface area (TPSA) is 121 Å². The standard InChI is InChI=1S/C52H60ClN6O6PS2/c1-37(2)58-38(3)52(68(6,63)64)50(51(58)40-15-18-43(53)19-16-40)42-11-10-12-46(34-42)56-29-27-55(28-30-56)44-20-22-45(23-21-44)57-31-32-65-66(57,62)47-24-17-41(49(35-47)59(60)61)33-39(25-26-54(4)5)36-67-48-13-8-7-9-14-48/h7-24,34-35,37,39H,25-33,36H2,1-6H3/t39-,66-/m0/s1. The minimum atomic E-state index is -3.65. The second kappa shape index (κ2) is 20.9. The average molecular weight is 996 g/mol. The number of rotatable bonds is 17. The van der Waals surface area contributed by atoms with Crippen molar-refractivity contribution in [2.45, 2.75) is 49.4 Å². The van der Waals surface area contributed by atoms with Gasteiger partial charge in [-0.3, -0.25) is 19.3 Å². The molecule has 358 valence electrons. The van der Waals surface area contributed by atoms with Crippen LogP contribution in [0.1, 0.15) is 37.6 Å². The lowest BCUT2D eigenvalue weighted by atomic mass is 9.96. The summed E-state index contributed by atoms with van der Waals surface area (Å²) in [5.74, 6) is 1.02. The van der Waals surface area contributed by atoms with Crippen LogP contribution < -0.4 is 19.8 Å². The Labute approximate surface area is 410 Å². The van der Waals surface area contributed by atoms with Crippen LogP contribution in [0.2, 0.25) is 5.02 Å². The number of nitro benzene ring substituents is 1. The maximum Gasteiger partial charge on any atom is 0.326 e. The van der Waals surface area contributed by atoms with Gasteiger partial charge < -0.3 is 23.8 Å². The summed E-state index contributed by atoms with van der Waals surface area (Å²) in [6.45, 7) is 10.5. The maximum absolute atomic E-state index is 14.8. The summed E-state index contributed by atoms with van der Waals surface area (Å²) in [7, 11) is -3.19. The van der Waals surface area contributed by atoms with Gasteiger partial charge in [-0.05, 0) is 138 Å². The molecule has 0 bridgehead atoms. The van der Waals surface area contributed by atoms with Gasteiger partial charge in [-0.25, -0.2) is 8.42 Å². The van der Waals surface area contributed by atoms with E-state index in [0.717, 1.165) is 78.8 Å². The largest absolute Gasteiger partial charge is 0.368 e. The summed E-state index contributed by atoms with van der Waals surface area (Å²) < 4.78 is 51.8. The van der Waals surface area contributed by atoms with E-state index in [1.54, 1.807) is 28.6 Å². The van der Waals surface area contributed by atoms with Crippen molar-refractivity contribution in [3.8, 4) is 22.4 Å². The van der Waals surface area contributed by atoms with Crippen LogP contribution in [0.5, 0.6) is 0 Å². The predicted molar refractivity (Wildman–Crippen MR) is 281 cm³/mol. The lowest BCUT2D eigenvalue weighted by Gasteiger charge is -2.37. The van der Waals surface area contributed by atoms with Gasteiger partial charge in [0.2, 0.25) is 0 Å². The minimum Gasteiger partial charge on any atom is -0.368 e. The van der Waals surface area contributed by atoms with Crippen LogP contribution in [0.4, 0.5) is 22.7 Å². The number of hydrogen-bond donors (Lipinski definition) is 0. The molecule has 0 unspecified atom stereocenters. The molecular formula is C52H60ClN6O6PS2. The van der Waals surface area contributed by atoms with E-state index in [4.69, 9.17) is 16.1 Å². The van der Waals surface area contributed by atoms with E-state index in [9.17, 15) is 23.1 Å². The Bertz CT molecular complexity index is 2910. The van der Waals surface area contributed by atoms with Crippen LogP contribution in [-0.2, 0) is 25.3 Å². The van der Waals surface area contributed by atoms with Crippen molar-refractivity contribution < 1.29 is 22.4 Å². The van der Waals surface area contributed by atoms with Gasteiger partial charge >= 0.3 is 7.52 Å². The third-order valence-corrected chi connectivity index (χ3v) is 18.2. The number of benzene rings is 5. The van der Waals surface area contributed by atoms with Crippen molar-refractivity contribution in [1.82, 2.24) is 9.47 Å². The summed E-state index contributed by atoms with van der Waals surface area (Å²) in [5.41, 5.74) is 7.34. The van der Waals surface area contributed by atoms with Gasteiger partial charge in [-0.1, -0.05) is 60.1 Å². The number of nitro groups is 1. The Morgan fingerprint density at radius 2 is 1.49 bits per heavy atom. The fourth-order valence-electron chi connectivity index (χ4n) is 9.61. The van der Waals surface area contributed by atoms with Crippen LogP contribution in [0.25, 0.3) is 22.4 Å². The Kier molecular flexibility index (Phi) is 15.1. The number of hydrogen-bond acceptors (Lipinski definition) is 10. The monoisotopic (exact) mass is 994 g/mol. The third kappa shape index (κ3) is 10.7. The first-order valence-corrected chi connectivity index (χ1v) is 27.9. The van der Waals surface area contributed by atoms with Crippen molar-refractivity contribution in [3.05, 3.63) is 148 Å². The highest BCUT2D eigenvalue weighted by molar-refractivity contribution is 7.99. The van der Waals surface area contributed by atoms with Crippen molar-refractivity contribution in [2.24, 2.45) is 5.92 Å². The first kappa shape index (κ1) is 49.3. The molecule has 0 radical (unpaired) electrons. The Morgan fingerprint density at radius 3 is 2.12 bits per heavy atom. The van der Waals surface area contributed by atoms with Crippen molar-refractivity contribution >= 4 is 68.8 Å². The molecule has 2 aliphatic heterocycles. The molecule has 0 aliphatic carbocycles. The summed E-state index contributed by atoms with van der Waals surface area (Å²) in [6.07, 6.45) is 2.70. The molecule has 0 amide bonds. The number of halogens is 1. The number of nitrogens with zero attached hydrogens (tertiary/aromatic N) is 6. The van der Waals surface area contributed by atoms with Crippen molar-refractivity contribution in [2.75, 3.05) is 86.4 Å². The second-order valence-electron chi connectivity index (χ2n) is 18.3. The minimum absolute atomic E-state index is 0.00622. The predicted octanol–water partition coefficient (Wildman–Crippen LogP) is 11.3. The van der Waals surface area contributed by atoms with Gasteiger partial charge in [0, 0.05) is 94.1 Å². The Balaban J connectivity index is 0.975. The second-order valence-corrected chi connectivity index (χ2v) is 24.0. The first-order valence-electron chi connectivity index (χ1n) is 23.1. The van der Waals surface area contributed by atoms with Crippen molar-refractivity contribution in [3.63, 3.8) is 0 Å². The molecule has 2 fully saturated rings. The van der Waals surface area contributed by atoms with Gasteiger partial charge in [0.25, 0.3) is 5.69 Å². The molecule has 68 heavy (non-hydrogen) atoms. The molecule has 16 heteroatoms. The van der Waals surface area contributed by atoms with Crippen LogP contribution in [0.15, 0.2) is 131 Å². The summed E-state index contributed by atoms with van der Waals surface area (Å²) in [4.78, 5) is 20.5. The van der Waals surface area contributed by atoms with Gasteiger partial charge in [0.1, 0.15) is 0 Å². The highest BCUT2D eigenvalue weighted by Crippen LogP contribution is 2.56. The summed E-state index contributed by atoms with van der Waals surface area (Å²) in [5, 5.41) is 13.5. The van der Waals surface area contributed by atoms with Crippen LogP contribution in [0.3, 0.4) is 0 Å². The summed E-state index contributed by atoms with van der Waals surface area (Å²) in [6, 6.07) is 38.9. The quantitative estimate of drug-likeness (QED) is 0.0376. The van der Waals surface area contributed by atoms with E-state index >= 15 is 0 Å². The summed E-state index contributed by atoms with van der Waals surface area (Å²) >= 11 is 8.06. The molecular weight excluding hydrogens is 935 g/mol. The fraction of sp³-hybridized carbons (Fsp3) is 0.346. The zero-order valence-corrected chi connectivity index (χ0v) is 42.8. The highest BCUT2D eigenvalue weighted by atomic mass is 35.5. The SMILES string of the molecule is Cc1c(S(C)(=O)=O)c(-c2cccc(N3CCN(c4ccc(N5CCO[P@@]5(=O)c5ccc(C[C@H](CCN(C)C)CSc6ccccc6)c([N+](=O)[O-])c5)cc4)CC3)c2)c(-c2ccc(Cl)cc2)n1C(C)C. The van der Waals surface area contributed by atoms with Crippen LogP contribution in [0, 0.1) is 23.0 Å². The van der Waals surface area contributed by atoms with Crippen LogP contribution >= 0.6 is 30.9 Å². The van der Waals surface area contributed by atoms with Crippen LogP contribution in [-0.4, -0.2) is 94.8 Å². The normalized spacial score (nSPS) is 17.1. The average Bonchev–Trinajstić information content (AvgIpc) is 3.88. The first-order chi connectivity index (χ1) is 32.5. The molecule has 1 aromatic heterocycles. The van der Waals surface area contributed by atoms with Crippen molar-refractivity contribution in [1.29, 1.82) is 0 Å². The molecule has 0 N–H and O–H groups in total. The molecule has 12 nitrogen and oxygen atoms in total. The van der Waals surface area contributed by atoms with E-state index < -0.39 is 17.4 Å². The molecule has 8 rings (SSSR count). The number of sulfone groups is 1. The lowest BCUT2D eigenvalue weighted by molar-refractivity contribution is -0.385. The molecule has 0 saturated carbocycles. The van der Waals surface area contributed by atoms with E-state index in [1.165, 1.54) is 17.2 Å². The fourth-order valence-corrected chi connectivity index (χ4v) is 14.2. The number of anilines is 3. The zero-order valence-electron chi connectivity index (χ0n) is 39.5. The molecule has 5 aromatic carbocycles.